The maximum Gasteiger partial charge on any atom is 0.134 e. The van der Waals surface area contributed by atoms with Crippen LogP contribution in [0, 0.1) is 5.92 Å². The SMILES string of the molecule is CC.CC(=O)C1CCCN(C)C1. The predicted octanol–water partition coefficient (Wildman–Crippen LogP) is 1.94. The molecule has 0 saturated carbocycles. The highest BCUT2D eigenvalue weighted by Gasteiger charge is 2.20. The molecule has 2 nitrogen and oxygen atoms in total. The second kappa shape index (κ2) is 6.18. The summed E-state index contributed by atoms with van der Waals surface area (Å²) in [4.78, 5) is 13.1. The second-order valence-electron chi connectivity index (χ2n) is 3.21. The van der Waals surface area contributed by atoms with Crippen molar-refractivity contribution in [1.82, 2.24) is 4.90 Å². The number of carbonyl (C=O) groups excluding carboxylic acids is 1. The van der Waals surface area contributed by atoms with E-state index in [1.807, 2.05) is 13.8 Å². The standard InChI is InChI=1S/C8H15NO.C2H6/c1-7(10)8-4-3-5-9(2)6-8;1-2/h8H,3-6H2,1-2H3;1-2H3. The van der Waals surface area contributed by atoms with Gasteiger partial charge < -0.3 is 4.90 Å². The average Bonchev–Trinajstić information content (AvgIpc) is 2.08. The first-order valence-corrected chi connectivity index (χ1v) is 4.89. The van der Waals surface area contributed by atoms with Gasteiger partial charge in [0, 0.05) is 12.5 Å². The quantitative estimate of drug-likeness (QED) is 0.601. The van der Waals surface area contributed by atoms with Crippen molar-refractivity contribution < 1.29 is 4.79 Å². The summed E-state index contributed by atoms with van der Waals surface area (Å²) in [5.74, 6) is 0.672. The normalized spacial score (nSPS) is 24.2. The van der Waals surface area contributed by atoms with Crippen LogP contribution in [0.15, 0.2) is 0 Å². The van der Waals surface area contributed by atoms with Gasteiger partial charge in [-0.3, -0.25) is 4.79 Å². The van der Waals surface area contributed by atoms with E-state index in [-0.39, 0.29) is 0 Å². The molecule has 0 aliphatic carbocycles. The molecule has 0 N–H and O–H groups in total. The fraction of sp³-hybridized carbons (Fsp3) is 0.900. The summed E-state index contributed by atoms with van der Waals surface area (Å²) in [5, 5.41) is 0. The zero-order valence-electron chi connectivity index (χ0n) is 8.76. The van der Waals surface area contributed by atoms with Crippen molar-refractivity contribution in [3.05, 3.63) is 0 Å². The summed E-state index contributed by atoms with van der Waals surface area (Å²) in [6.45, 7) is 7.82. The van der Waals surface area contributed by atoms with Crippen LogP contribution in [0.2, 0.25) is 0 Å². The zero-order chi connectivity index (χ0) is 9.56. The predicted molar refractivity (Wildman–Crippen MR) is 52.3 cm³/mol. The minimum absolute atomic E-state index is 0.318. The van der Waals surface area contributed by atoms with Crippen LogP contribution >= 0.6 is 0 Å². The highest BCUT2D eigenvalue weighted by atomic mass is 16.1. The van der Waals surface area contributed by atoms with E-state index in [0.29, 0.717) is 11.7 Å². The van der Waals surface area contributed by atoms with Crippen LogP contribution in [-0.2, 0) is 4.79 Å². The number of Topliss-reactive ketones (excluding diaryl/α,β-unsaturated/α-hetero) is 1. The van der Waals surface area contributed by atoms with Gasteiger partial charge in [-0.05, 0) is 33.4 Å². The first-order valence-electron chi connectivity index (χ1n) is 4.89. The van der Waals surface area contributed by atoms with Gasteiger partial charge in [0.1, 0.15) is 5.78 Å². The van der Waals surface area contributed by atoms with Gasteiger partial charge in [-0.25, -0.2) is 0 Å². The number of rotatable bonds is 1. The van der Waals surface area contributed by atoms with Crippen molar-refractivity contribution in [2.24, 2.45) is 5.92 Å². The van der Waals surface area contributed by atoms with Crippen LogP contribution in [0.3, 0.4) is 0 Å². The number of likely N-dealkylation sites (tertiary alicyclic amines) is 1. The van der Waals surface area contributed by atoms with Gasteiger partial charge in [-0.15, -0.1) is 0 Å². The molecule has 1 saturated heterocycles. The molecule has 1 unspecified atom stereocenters. The molecule has 2 heteroatoms. The van der Waals surface area contributed by atoms with Crippen molar-refractivity contribution in [2.45, 2.75) is 33.6 Å². The minimum Gasteiger partial charge on any atom is -0.306 e. The van der Waals surface area contributed by atoms with Gasteiger partial charge in [0.15, 0.2) is 0 Å². The lowest BCUT2D eigenvalue weighted by atomic mass is 9.95. The lowest BCUT2D eigenvalue weighted by molar-refractivity contribution is -0.122. The highest BCUT2D eigenvalue weighted by Crippen LogP contribution is 2.15. The Morgan fingerprint density at radius 2 is 2.00 bits per heavy atom. The number of hydrogen-bond donors (Lipinski definition) is 0. The molecule has 12 heavy (non-hydrogen) atoms. The van der Waals surface area contributed by atoms with Crippen molar-refractivity contribution in [1.29, 1.82) is 0 Å². The van der Waals surface area contributed by atoms with Gasteiger partial charge in [0.25, 0.3) is 0 Å². The van der Waals surface area contributed by atoms with E-state index in [4.69, 9.17) is 0 Å². The van der Waals surface area contributed by atoms with Gasteiger partial charge in [0.05, 0.1) is 0 Å². The summed E-state index contributed by atoms with van der Waals surface area (Å²) in [7, 11) is 2.08. The van der Waals surface area contributed by atoms with Gasteiger partial charge in [0.2, 0.25) is 0 Å². The van der Waals surface area contributed by atoms with Gasteiger partial charge in [-0.2, -0.15) is 0 Å². The Morgan fingerprint density at radius 3 is 2.33 bits per heavy atom. The molecular weight excluding hydrogens is 150 g/mol. The topological polar surface area (TPSA) is 20.3 Å². The number of hydrogen-bond acceptors (Lipinski definition) is 2. The van der Waals surface area contributed by atoms with E-state index in [1.165, 1.54) is 6.42 Å². The molecular formula is C10H21NO. The Balaban J connectivity index is 0.000000561. The summed E-state index contributed by atoms with van der Waals surface area (Å²) >= 11 is 0. The van der Waals surface area contributed by atoms with Crippen molar-refractivity contribution in [3.8, 4) is 0 Å². The molecule has 0 amide bonds. The number of nitrogens with zero attached hydrogens (tertiary/aromatic N) is 1. The number of carbonyl (C=O) groups is 1. The molecule has 0 bridgehead atoms. The van der Waals surface area contributed by atoms with Crippen molar-refractivity contribution >= 4 is 5.78 Å². The summed E-state index contributed by atoms with van der Waals surface area (Å²) in [5.41, 5.74) is 0. The van der Waals surface area contributed by atoms with E-state index in [2.05, 4.69) is 11.9 Å². The third-order valence-electron chi connectivity index (χ3n) is 2.20. The van der Waals surface area contributed by atoms with Crippen LogP contribution in [0.1, 0.15) is 33.6 Å². The number of ketones is 1. The Labute approximate surface area is 75.9 Å². The minimum atomic E-state index is 0.318. The number of piperidine rings is 1. The molecule has 0 radical (unpaired) electrons. The first-order chi connectivity index (χ1) is 5.70. The van der Waals surface area contributed by atoms with E-state index >= 15 is 0 Å². The van der Waals surface area contributed by atoms with E-state index in [0.717, 1.165) is 19.5 Å². The molecule has 1 fully saturated rings. The molecule has 1 heterocycles. The molecule has 72 valence electrons. The highest BCUT2D eigenvalue weighted by molar-refractivity contribution is 5.78. The average molecular weight is 171 g/mol. The van der Waals surface area contributed by atoms with E-state index < -0.39 is 0 Å². The Morgan fingerprint density at radius 1 is 1.42 bits per heavy atom. The molecule has 1 atom stereocenters. The van der Waals surface area contributed by atoms with Crippen LogP contribution in [0.4, 0.5) is 0 Å². The molecule has 1 aliphatic rings. The zero-order valence-corrected chi connectivity index (χ0v) is 8.76. The van der Waals surface area contributed by atoms with Crippen LogP contribution in [0.5, 0.6) is 0 Å². The van der Waals surface area contributed by atoms with E-state index in [1.54, 1.807) is 6.92 Å². The Bertz CT molecular complexity index is 134. The molecule has 0 spiro atoms. The second-order valence-corrected chi connectivity index (χ2v) is 3.21. The fourth-order valence-electron chi connectivity index (χ4n) is 1.50. The Hall–Kier alpha value is -0.370. The molecule has 0 aromatic heterocycles. The fourth-order valence-corrected chi connectivity index (χ4v) is 1.50. The maximum absolute atomic E-state index is 10.9. The smallest absolute Gasteiger partial charge is 0.134 e. The van der Waals surface area contributed by atoms with Gasteiger partial charge in [-0.1, -0.05) is 13.8 Å². The summed E-state index contributed by atoms with van der Waals surface area (Å²) in [6.07, 6.45) is 2.28. The molecule has 1 aliphatic heterocycles. The van der Waals surface area contributed by atoms with Crippen molar-refractivity contribution in [2.75, 3.05) is 20.1 Å². The third-order valence-corrected chi connectivity index (χ3v) is 2.20. The monoisotopic (exact) mass is 171 g/mol. The van der Waals surface area contributed by atoms with Crippen LogP contribution in [-0.4, -0.2) is 30.8 Å². The van der Waals surface area contributed by atoms with Gasteiger partial charge >= 0.3 is 0 Å². The molecule has 1 rings (SSSR count). The largest absolute Gasteiger partial charge is 0.306 e. The van der Waals surface area contributed by atoms with Crippen LogP contribution in [0.25, 0.3) is 0 Å². The van der Waals surface area contributed by atoms with E-state index in [9.17, 15) is 4.79 Å². The van der Waals surface area contributed by atoms with Crippen LogP contribution < -0.4 is 0 Å². The molecule has 0 aromatic carbocycles. The summed E-state index contributed by atoms with van der Waals surface area (Å²) < 4.78 is 0. The molecule has 0 aromatic rings. The lowest BCUT2D eigenvalue weighted by Gasteiger charge is -2.27. The maximum atomic E-state index is 10.9. The lowest BCUT2D eigenvalue weighted by Crippen LogP contribution is -2.35. The Kier molecular flexibility index (Phi) is 5.99. The first kappa shape index (κ1) is 11.6. The summed E-state index contributed by atoms with van der Waals surface area (Å²) in [6, 6.07) is 0. The third kappa shape index (κ3) is 3.86. The van der Waals surface area contributed by atoms with Crippen molar-refractivity contribution in [3.63, 3.8) is 0 Å².